The molecule has 0 aromatic carbocycles. The van der Waals surface area contributed by atoms with Crippen LogP contribution in [0.5, 0.6) is 0 Å². The molecule has 1 saturated carbocycles. The van der Waals surface area contributed by atoms with Crippen molar-refractivity contribution in [3.8, 4) is 6.07 Å². The summed E-state index contributed by atoms with van der Waals surface area (Å²) in [5.41, 5.74) is 2.81. The molecule has 1 aliphatic heterocycles. The number of rotatable bonds is 11. The van der Waals surface area contributed by atoms with E-state index in [-0.39, 0.29) is 18.3 Å². The Morgan fingerprint density at radius 1 is 1.24 bits per heavy atom. The number of hydrogen-bond acceptors (Lipinski definition) is 6. The summed E-state index contributed by atoms with van der Waals surface area (Å²) >= 11 is 0. The predicted octanol–water partition coefficient (Wildman–Crippen LogP) is 4.06. The Bertz CT molecular complexity index is 912. The quantitative estimate of drug-likeness (QED) is 0.521. The molecule has 0 radical (unpaired) electrons. The minimum absolute atomic E-state index is 0.118. The van der Waals surface area contributed by atoms with Gasteiger partial charge >= 0.3 is 5.97 Å². The van der Waals surface area contributed by atoms with Crippen molar-refractivity contribution in [3.05, 3.63) is 29.1 Å². The molecular weight excluding hydrogens is 432 g/mol. The predicted molar refractivity (Wildman–Crippen MR) is 125 cm³/mol. The highest BCUT2D eigenvalue weighted by Gasteiger charge is 2.41. The molecule has 1 aromatic rings. The van der Waals surface area contributed by atoms with Crippen molar-refractivity contribution in [2.75, 3.05) is 19.8 Å². The standard InChI is InChI=1S/C27H36N2O5/c28-18-27(10-13-33-14-11-27)25(30)17-21(26(31)32)9-12-34-23-15-19(16-23)5-7-22-8-6-20-3-1-2-4-24(20)29-22/h6,8,19,21,23H,1-5,7,9-17H2,(H,31,32). The smallest absolute Gasteiger partial charge is 0.307 e. The first-order chi connectivity index (χ1) is 16.5. The summed E-state index contributed by atoms with van der Waals surface area (Å²) in [6.07, 6.45) is 9.93. The fraction of sp³-hybridized carbons (Fsp3) is 0.704. The lowest BCUT2D eigenvalue weighted by atomic mass is 9.75. The van der Waals surface area contributed by atoms with Crippen LogP contribution in [0.1, 0.15) is 74.7 Å². The zero-order valence-electron chi connectivity index (χ0n) is 20.0. The van der Waals surface area contributed by atoms with Gasteiger partial charge in [0.2, 0.25) is 0 Å². The molecule has 0 spiro atoms. The van der Waals surface area contributed by atoms with Crippen LogP contribution in [0, 0.1) is 28.6 Å². The van der Waals surface area contributed by atoms with Gasteiger partial charge in [0.05, 0.1) is 18.1 Å². The van der Waals surface area contributed by atoms with Crippen LogP contribution in [-0.4, -0.2) is 47.8 Å². The molecule has 2 heterocycles. The van der Waals surface area contributed by atoms with Gasteiger partial charge in [0.25, 0.3) is 0 Å². The maximum atomic E-state index is 12.8. The molecule has 1 saturated heterocycles. The van der Waals surface area contributed by atoms with E-state index in [9.17, 15) is 20.0 Å². The Kier molecular flexibility index (Phi) is 8.33. The number of ketones is 1. The van der Waals surface area contributed by atoms with Gasteiger partial charge in [0.15, 0.2) is 5.78 Å². The van der Waals surface area contributed by atoms with Crippen molar-refractivity contribution in [3.63, 3.8) is 0 Å². The van der Waals surface area contributed by atoms with Gasteiger partial charge in [-0.15, -0.1) is 0 Å². The maximum absolute atomic E-state index is 12.8. The van der Waals surface area contributed by atoms with Crippen molar-refractivity contribution in [1.29, 1.82) is 5.26 Å². The fourth-order valence-corrected chi connectivity index (χ4v) is 5.45. The molecule has 0 amide bonds. The summed E-state index contributed by atoms with van der Waals surface area (Å²) in [4.78, 5) is 29.3. The van der Waals surface area contributed by atoms with Gasteiger partial charge in [-0.3, -0.25) is 14.6 Å². The van der Waals surface area contributed by atoms with E-state index in [2.05, 4.69) is 18.2 Å². The fourth-order valence-electron chi connectivity index (χ4n) is 5.45. The molecule has 2 fully saturated rings. The van der Waals surface area contributed by atoms with E-state index in [1.165, 1.54) is 29.8 Å². The molecule has 7 nitrogen and oxygen atoms in total. The molecule has 184 valence electrons. The molecule has 3 aliphatic rings. The van der Waals surface area contributed by atoms with Gasteiger partial charge in [0, 0.05) is 37.6 Å². The van der Waals surface area contributed by atoms with E-state index in [0.717, 1.165) is 38.5 Å². The van der Waals surface area contributed by atoms with E-state index in [0.29, 0.717) is 45.0 Å². The van der Waals surface area contributed by atoms with Crippen LogP contribution in [0.4, 0.5) is 0 Å². The van der Waals surface area contributed by atoms with Crippen LogP contribution in [0.15, 0.2) is 12.1 Å². The van der Waals surface area contributed by atoms with Crippen LogP contribution in [-0.2, 0) is 38.3 Å². The van der Waals surface area contributed by atoms with Crippen LogP contribution in [0.3, 0.4) is 0 Å². The van der Waals surface area contributed by atoms with Gasteiger partial charge in [-0.05, 0) is 88.2 Å². The molecule has 1 aromatic heterocycles. The molecule has 1 unspecified atom stereocenters. The molecule has 1 N–H and O–H groups in total. The largest absolute Gasteiger partial charge is 0.481 e. The lowest BCUT2D eigenvalue weighted by molar-refractivity contribution is -0.146. The Labute approximate surface area is 201 Å². The lowest BCUT2D eigenvalue weighted by Gasteiger charge is -2.35. The molecule has 1 atom stereocenters. The van der Waals surface area contributed by atoms with Gasteiger partial charge in [-0.25, -0.2) is 0 Å². The summed E-state index contributed by atoms with van der Waals surface area (Å²) in [7, 11) is 0. The minimum atomic E-state index is -1.10. The lowest BCUT2D eigenvalue weighted by Crippen LogP contribution is -2.38. The molecule has 2 aliphatic carbocycles. The number of aryl methyl sites for hydroxylation is 3. The van der Waals surface area contributed by atoms with Crippen LogP contribution >= 0.6 is 0 Å². The minimum Gasteiger partial charge on any atom is -0.481 e. The van der Waals surface area contributed by atoms with Crippen LogP contribution in [0.25, 0.3) is 0 Å². The highest BCUT2D eigenvalue weighted by molar-refractivity contribution is 5.90. The number of fused-ring (bicyclic) bond motifs is 1. The van der Waals surface area contributed by atoms with Gasteiger partial charge in [-0.1, -0.05) is 6.07 Å². The third-order valence-electron chi connectivity index (χ3n) is 7.93. The third-order valence-corrected chi connectivity index (χ3v) is 7.93. The number of carbonyl (C=O) groups is 2. The Morgan fingerprint density at radius 3 is 2.74 bits per heavy atom. The van der Waals surface area contributed by atoms with Crippen LogP contribution in [0.2, 0.25) is 0 Å². The monoisotopic (exact) mass is 468 g/mol. The average Bonchev–Trinajstić information content (AvgIpc) is 2.84. The highest BCUT2D eigenvalue weighted by atomic mass is 16.5. The van der Waals surface area contributed by atoms with Crippen molar-refractivity contribution in [2.45, 2.75) is 83.2 Å². The Morgan fingerprint density at radius 2 is 2.00 bits per heavy atom. The summed E-state index contributed by atoms with van der Waals surface area (Å²) in [5.74, 6) is -1.46. The summed E-state index contributed by atoms with van der Waals surface area (Å²) in [6.45, 7) is 1.06. The van der Waals surface area contributed by atoms with Gasteiger partial charge in [-0.2, -0.15) is 5.26 Å². The van der Waals surface area contributed by atoms with E-state index in [4.69, 9.17) is 14.5 Å². The Hall–Kier alpha value is -2.30. The van der Waals surface area contributed by atoms with Crippen LogP contribution < -0.4 is 0 Å². The van der Waals surface area contributed by atoms with Crippen molar-refractivity contribution < 1.29 is 24.2 Å². The number of pyridine rings is 1. The summed E-state index contributed by atoms with van der Waals surface area (Å²) < 4.78 is 11.2. The second kappa shape index (κ2) is 11.4. The topological polar surface area (TPSA) is 110 Å². The zero-order valence-corrected chi connectivity index (χ0v) is 20.0. The number of aromatic nitrogens is 1. The van der Waals surface area contributed by atoms with Crippen molar-refractivity contribution in [2.24, 2.45) is 17.3 Å². The Balaban J connectivity index is 1.15. The molecular formula is C27H36N2O5. The molecule has 7 heteroatoms. The molecule has 0 bridgehead atoms. The number of aliphatic carboxylic acids is 1. The first-order valence-electron chi connectivity index (χ1n) is 12.8. The number of hydrogen-bond donors (Lipinski definition) is 1. The number of nitriles is 1. The number of carbonyl (C=O) groups excluding carboxylic acids is 1. The highest BCUT2D eigenvalue weighted by Crippen LogP contribution is 2.35. The van der Waals surface area contributed by atoms with E-state index in [1.807, 2.05) is 0 Å². The van der Waals surface area contributed by atoms with Gasteiger partial charge in [0.1, 0.15) is 5.41 Å². The number of nitrogens with zero attached hydrogens (tertiary/aromatic N) is 2. The second-order valence-electron chi connectivity index (χ2n) is 10.2. The molecule has 34 heavy (non-hydrogen) atoms. The summed E-state index contributed by atoms with van der Waals surface area (Å²) in [5, 5.41) is 19.1. The SMILES string of the molecule is N#CC1(C(=O)CC(CCOC2CC(CCc3ccc4c(n3)CCCC4)C2)C(=O)O)CCOCC1. The first-order valence-corrected chi connectivity index (χ1v) is 12.8. The van der Waals surface area contributed by atoms with Crippen molar-refractivity contribution >= 4 is 11.8 Å². The van der Waals surface area contributed by atoms with E-state index in [1.54, 1.807) is 0 Å². The van der Waals surface area contributed by atoms with E-state index < -0.39 is 17.3 Å². The number of ether oxygens (including phenoxy) is 2. The van der Waals surface area contributed by atoms with E-state index >= 15 is 0 Å². The number of Topliss-reactive ketones (excluding diaryl/α,β-unsaturated/α-hetero) is 1. The second-order valence-corrected chi connectivity index (χ2v) is 10.2. The summed E-state index contributed by atoms with van der Waals surface area (Å²) in [6, 6.07) is 6.58. The normalized spacial score (nSPS) is 24.3. The first kappa shape index (κ1) is 24.8. The average molecular weight is 469 g/mol. The number of carboxylic acid groups (broad SMARTS) is 1. The molecule has 4 rings (SSSR count). The van der Waals surface area contributed by atoms with Gasteiger partial charge < -0.3 is 14.6 Å². The maximum Gasteiger partial charge on any atom is 0.307 e. The third kappa shape index (κ3) is 6.03. The zero-order chi connectivity index (χ0) is 24.0. The number of carboxylic acids is 1. The van der Waals surface area contributed by atoms with Crippen molar-refractivity contribution in [1.82, 2.24) is 4.98 Å².